The number of nitrogens with one attached hydrogen (secondary N) is 1. The summed E-state index contributed by atoms with van der Waals surface area (Å²) in [7, 11) is -3.45. The number of hydrogen-bond donors (Lipinski definition) is 1. The molecule has 1 saturated heterocycles. The zero-order valence-corrected chi connectivity index (χ0v) is 15.6. The van der Waals surface area contributed by atoms with Gasteiger partial charge in [0, 0.05) is 18.4 Å². The van der Waals surface area contributed by atoms with Crippen LogP contribution >= 0.6 is 11.6 Å². The van der Waals surface area contributed by atoms with Crippen molar-refractivity contribution in [3.8, 4) is 0 Å². The first-order valence-electron chi connectivity index (χ1n) is 8.38. The topological polar surface area (TPSA) is 66.5 Å². The van der Waals surface area contributed by atoms with Crippen molar-refractivity contribution in [1.82, 2.24) is 10.2 Å². The van der Waals surface area contributed by atoms with Crippen LogP contribution in [0.25, 0.3) is 0 Å². The number of benzene rings is 1. The first-order valence-corrected chi connectivity index (χ1v) is 10.6. The highest BCUT2D eigenvalue weighted by Crippen LogP contribution is 2.22. The zero-order chi connectivity index (χ0) is 17.6. The molecule has 2 rings (SSSR count). The van der Waals surface area contributed by atoms with Crippen LogP contribution in [0.1, 0.15) is 42.5 Å². The predicted molar refractivity (Wildman–Crippen MR) is 96.4 cm³/mol. The van der Waals surface area contributed by atoms with Gasteiger partial charge in [0.25, 0.3) is 5.91 Å². The van der Waals surface area contributed by atoms with Crippen LogP contribution in [0.3, 0.4) is 0 Å². The van der Waals surface area contributed by atoms with Gasteiger partial charge in [-0.25, -0.2) is 8.42 Å². The fraction of sp³-hybridized carbons (Fsp3) is 0.588. The van der Waals surface area contributed by atoms with Crippen molar-refractivity contribution in [3.05, 3.63) is 28.8 Å². The van der Waals surface area contributed by atoms with Crippen LogP contribution in [0.4, 0.5) is 0 Å². The lowest BCUT2D eigenvalue weighted by molar-refractivity contribution is 0.0951. The van der Waals surface area contributed by atoms with Crippen LogP contribution in [0.2, 0.25) is 5.02 Å². The molecule has 0 saturated carbocycles. The van der Waals surface area contributed by atoms with Crippen molar-refractivity contribution in [2.75, 3.05) is 32.4 Å². The van der Waals surface area contributed by atoms with E-state index < -0.39 is 9.84 Å². The van der Waals surface area contributed by atoms with Crippen molar-refractivity contribution >= 4 is 27.3 Å². The van der Waals surface area contributed by atoms with Crippen LogP contribution in [-0.2, 0) is 9.84 Å². The monoisotopic (exact) mass is 372 g/mol. The van der Waals surface area contributed by atoms with E-state index in [1.54, 1.807) is 6.07 Å². The molecule has 0 spiro atoms. The van der Waals surface area contributed by atoms with Gasteiger partial charge in [-0.05, 0) is 57.1 Å². The van der Waals surface area contributed by atoms with Crippen LogP contribution in [0, 0.1) is 0 Å². The summed E-state index contributed by atoms with van der Waals surface area (Å²) in [6, 6.07) is 4.33. The third-order valence-corrected chi connectivity index (χ3v) is 5.81. The van der Waals surface area contributed by atoms with Gasteiger partial charge in [0.05, 0.1) is 9.92 Å². The Hall–Kier alpha value is -1.11. The first kappa shape index (κ1) is 19.2. The Labute approximate surface area is 149 Å². The number of halogens is 1. The molecule has 0 radical (unpaired) electrons. The van der Waals surface area contributed by atoms with E-state index in [1.165, 1.54) is 37.8 Å². The molecule has 0 aromatic heterocycles. The van der Waals surface area contributed by atoms with Gasteiger partial charge in [-0.2, -0.15) is 0 Å². The lowest BCUT2D eigenvalue weighted by Crippen LogP contribution is -2.30. The highest BCUT2D eigenvalue weighted by atomic mass is 35.5. The smallest absolute Gasteiger partial charge is 0.251 e. The van der Waals surface area contributed by atoms with Gasteiger partial charge < -0.3 is 10.2 Å². The standard InChI is InChI=1S/C17H25ClN2O3S/c1-24(22,23)16-13-14(7-8-15(16)18)17(21)19-9-6-12-20-10-4-2-3-5-11-20/h7-8,13H,2-6,9-12H2,1H3,(H,19,21). The van der Waals surface area contributed by atoms with Gasteiger partial charge in [-0.3, -0.25) is 4.79 Å². The SMILES string of the molecule is CS(=O)(=O)c1cc(C(=O)NCCCN2CCCCCC2)ccc1Cl. The third-order valence-electron chi connectivity index (χ3n) is 4.23. The van der Waals surface area contributed by atoms with Crippen molar-refractivity contribution in [3.63, 3.8) is 0 Å². The zero-order valence-electron chi connectivity index (χ0n) is 14.1. The van der Waals surface area contributed by atoms with E-state index >= 15 is 0 Å². The molecule has 0 atom stereocenters. The van der Waals surface area contributed by atoms with Crippen LogP contribution in [-0.4, -0.2) is 51.7 Å². The van der Waals surface area contributed by atoms with E-state index in [1.807, 2.05) is 0 Å². The third kappa shape index (κ3) is 5.76. The number of rotatable bonds is 6. The predicted octanol–water partition coefficient (Wildman–Crippen LogP) is 2.74. The largest absolute Gasteiger partial charge is 0.352 e. The molecule has 0 aliphatic carbocycles. The number of nitrogens with zero attached hydrogens (tertiary/aromatic N) is 1. The lowest BCUT2D eigenvalue weighted by atomic mass is 10.2. The number of sulfone groups is 1. The molecule has 5 nitrogen and oxygen atoms in total. The highest BCUT2D eigenvalue weighted by molar-refractivity contribution is 7.90. The highest BCUT2D eigenvalue weighted by Gasteiger charge is 2.16. The second-order valence-corrected chi connectivity index (χ2v) is 8.67. The molecule has 1 aromatic carbocycles. The summed E-state index contributed by atoms with van der Waals surface area (Å²) in [6.07, 6.45) is 7.10. The van der Waals surface area contributed by atoms with Crippen molar-refractivity contribution in [2.45, 2.75) is 37.0 Å². The Balaban J connectivity index is 1.84. The van der Waals surface area contributed by atoms with E-state index in [2.05, 4.69) is 10.2 Å². The van der Waals surface area contributed by atoms with Crippen molar-refractivity contribution in [1.29, 1.82) is 0 Å². The fourth-order valence-corrected chi connectivity index (χ4v) is 4.20. The summed E-state index contributed by atoms with van der Waals surface area (Å²) >= 11 is 5.90. The summed E-state index contributed by atoms with van der Waals surface area (Å²) in [5, 5.41) is 2.98. The van der Waals surface area contributed by atoms with Crippen molar-refractivity contribution in [2.24, 2.45) is 0 Å². The number of hydrogen-bond acceptors (Lipinski definition) is 4. The molecular formula is C17H25ClN2O3S. The average Bonchev–Trinajstić information content (AvgIpc) is 2.79. The first-order chi connectivity index (χ1) is 11.4. The molecule has 24 heavy (non-hydrogen) atoms. The molecule has 1 N–H and O–H groups in total. The van der Waals surface area contributed by atoms with E-state index in [4.69, 9.17) is 11.6 Å². The van der Waals surface area contributed by atoms with E-state index in [-0.39, 0.29) is 15.8 Å². The van der Waals surface area contributed by atoms with Gasteiger partial charge in [-0.1, -0.05) is 24.4 Å². The minimum Gasteiger partial charge on any atom is -0.352 e. The molecule has 1 fully saturated rings. The van der Waals surface area contributed by atoms with Gasteiger partial charge in [0.15, 0.2) is 9.84 Å². The lowest BCUT2D eigenvalue weighted by Gasteiger charge is -2.19. The molecule has 7 heteroatoms. The molecular weight excluding hydrogens is 348 g/mol. The molecule has 134 valence electrons. The maximum atomic E-state index is 12.2. The van der Waals surface area contributed by atoms with Gasteiger partial charge in [0.1, 0.15) is 0 Å². The molecule has 1 aliphatic heterocycles. The summed E-state index contributed by atoms with van der Waals surface area (Å²) in [6.45, 7) is 3.84. The summed E-state index contributed by atoms with van der Waals surface area (Å²) in [4.78, 5) is 14.6. The van der Waals surface area contributed by atoms with Crippen molar-refractivity contribution < 1.29 is 13.2 Å². The van der Waals surface area contributed by atoms with E-state index in [9.17, 15) is 13.2 Å². The Bertz CT molecular complexity index is 668. The van der Waals surface area contributed by atoms with Crippen LogP contribution in [0.5, 0.6) is 0 Å². The number of likely N-dealkylation sites (tertiary alicyclic amines) is 1. The number of carbonyl (C=O) groups is 1. The van der Waals surface area contributed by atoms with Gasteiger partial charge in [-0.15, -0.1) is 0 Å². The molecule has 0 unspecified atom stereocenters. The molecule has 0 bridgehead atoms. The van der Waals surface area contributed by atoms with Crippen LogP contribution in [0.15, 0.2) is 23.1 Å². The molecule has 1 heterocycles. The van der Waals surface area contributed by atoms with Gasteiger partial charge in [0.2, 0.25) is 0 Å². The molecule has 1 aromatic rings. The Kier molecular flexibility index (Phi) is 7.07. The summed E-state index contributed by atoms with van der Waals surface area (Å²) in [5.41, 5.74) is 0.314. The van der Waals surface area contributed by atoms with Crippen LogP contribution < -0.4 is 5.32 Å². The maximum Gasteiger partial charge on any atom is 0.251 e. The normalized spacial score (nSPS) is 16.6. The number of amides is 1. The minimum absolute atomic E-state index is 0.0126. The summed E-state index contributed by atoms with van der Waals surface area (Å²) in [5.74, 6) is -0.271. The second-order valence-electron chi connectivity index (χ2n) is 6.28. The Morgan fingerprint density at radius 3 is 2.50 bits per heavy atom. The average molecular weight is 373 g/mol. The van der Waals surface area contributed by atoms with Gasteiger partial charge >= 0.3 is 0 Å². The van der Waals surface area contributed by atoms with E-state index in [0.717, 1.165) is 32.3 Å². The quantitative estimate of drug-likeness (QED) is 0.780. The Morgan fingerprint density at radius 1 is 1.21 bits per heavy atom. The maximum absolute atomic E-state index is 12.2. The number of carbonyl (C=O) groups excluding carboxylic acids is 1. The minimum atomic E-state index is -3.45. The molecule has 1 amide bonds. The van der Waals surface area contributed by atoms with E-state index in [0.29, 0.717) is 12.1 Å². The molecule has 1 aliphatic rings. The summed E-state index contributed by atoms with van der Waals surface area (Å²) < 4.78 is 23.3. The fourth-order valence-electron chi connectivity index (χ4n) is 2.90. The second kappa shape index (κ2) is 8.83. The Morgan fingerprint density at radius 2 is 1.88 bits per heavy atom.